The number of alkyl halides is 1. The van der Waals surface area contributed by atoms with Crippen LogP contribution < -0.4 is 10.5 Å². The highest BCUT2D eigenvalue weighted by molar-refractivity contribution is 5.23. The molecule has 1 saturated heterocycles. The number of halogens is 2. The van der Waals surface area contributed by atoms with Gasteiger partial charge in [-0.05, 0) is 49.3 Å². The molecule has 1 aliphatic carbocycles. The van der Waals surface area contributed by atoms with E-state index in [4.69, 9.17) is 10.5 Å². The second-order valence-corrected chi connectivity index (χ2v) is 7.41. The number of aromatic nitrogens is 2. The molecule has 1 aromatic heterocycles. The van der Waals surface area contributed by atoms with Gasteiger partial charge in [-0.2, -0.15) is 0 Å². The molecule has 4 rings (SSSR count). The third-order valence-electron chi connectivity index (χ3n) is 5.69. The Kier molecular flexibility index (Phi) is 5.31. The van der Waals surface area contributed by atoms with Crippen LogP contribution >= 0.6 is 0 Å². The van der Waals surface area contributed by atoms with Gasteiger partial charge in [0, 0.05) is 30.9 Å². The zero-order valence-corrected chi connectivity index (χ0v) is 15.0. The summed E-state index contributed by atoms with van der Waals surface area (Å²) < 4.78 is 34.3. The van der Waals surface area contributed by atoms with E-state index in [0.29, 0.717) is 18.8 Å². The third kappa shape index (κ3) is 3.94. The molecule has 2 aromatic rings. The van der Waals surface area contributed by atoms with E-state index in [1.165, 1.54) is 18.5 Å². The number of benzene rings is 1. The first-order chi connectivity index (χ1) is 13.1. The van der Waals surface area contributed by atoms with Gasteiger partial charge in [0.05, 0.1) is 0 Å². The summed E-state index contributed by atoms with van der Waals surface area (Å²) in [4.78, 5) is 9.90. The van der Waals surface area contributed by atoms with E-state index < -0.39 is 12.3 Å². The fraction of sp³-hybridized carbons (Fsp3) is 0.500. The smallest absolute Gasteiger partial charge is 0.216 e. The molecular weight excluding hydrogens is 350 g/mol. The van der Waals surface area contributed by atoms with Crippen LogP contribution in [0.1, 0.15) is 37.2 Å². The molecule has 1 saturated carbocycles. The maximum atomic E-state index is 14.9. The number of nitrogens with zero attached hydrogens (tertiary/aromatic N) is 3. The Bertz CT molecular complexity index is 745. The number of piperidine rings is 1. The van der Waals surface area contributed by atoms with Gasteiger partial charge in [-0.25, -0.2) is 18.7 Å². The molecule has 2 heterocycles. The zero-order valence-electron chi connectivity index (χ0n) is 15.0. The molecule has 2 N–H and O–H groups in total. The average Bonchev–Trinajstić information content (AvgIpc) is 3.09. The van der Waals surface area contributed by atoms with Crippen LogP contribution in [0, 0.1) is 5.82 Å². The first kappa shape index (κ1) is 18.3. The summed E-state index contributed by atoms with van der Waals surface area (Å²) in [6.45, 7) is 0.666. The number of hydrogen-bond donors (Lipinski definition) is 1. The quantitative estimate of drug-likeness (QED) is 0.834. The maximum Gasteiger partial charge on any atom is 0.216 e. The molecule has 5 nitrogen and oxygen atoms in total. The maximum absolute atomic E-state index is 14.9. The van der Waals surface area contributed by atoms with Gasteiger partial charge in [0.25, 0.3) is 0 Å². The molecule has 5 unspecified atom stereocenters. The third-order valence-corrected chi connectivity index (χ3v) is 5.69. The zero-order chi connectivity index (χ0) is 18.8. The molecule has 0 bridgehead atoms. The van der Waals surface area contributed by atoms with Gasteiger partial charge in [-0.1, -0.05) is 12.1 Å². The first-order valence-corrected chi connectivity index (χ1v) is 9.45. The fourth-order valence-electron chi connectivity index (χ4n) is 4.33. The molecule has 27 heavy (non-hydrogen) atoms. The Balaban J connectivity index is 1.57. The minimum absolute atomic E-state index is 0.101. The van der Waals surface area contributed by atoms with Gasteiger partial charge in [0.1, 0.15) is 18.2 Å². The van der Waals surface area contributed by atoms with Crippen molar-refractivity contribution in [3.05, 3.63) is 54.2 Å². The van der Waals surface area contributed by atoms with Crippen LogP contribution in [0.15, 0.2) is 42.9 Å². The van der Waals surface area contributed by atoms with Crippen molar-refractivity contribution in [3.63, 3.8) is 0 Å². The van der Waals surface area contributed by atoms with Crippen LogP contribution in [-0.2, 0) is 0 Å². The molecule has 1 aromatic carbocycles. The molecule has 5 atom stereocenters. The molecule has 2 aliphatic rings. The number of likely N-dealkylation sites (tertiary alicyclic amines) is 1. The van der Waals surface area contributed by atoms with Crippen LogP contribution in [0.5, 0.6) is 5.88 Å². The minimum Gasteiger partial charge on any atom is -0.473 e. The van der Waals surface area contributed by atoms with Crippen molar-refractivity contribution in [1.29, 1.82) is 0 Å². The summed E-state index contributed by atoms with van der Waals surface area (Å²) >= 11 is 0. The molecule has 2 fully saturated rings. The second-order valence-electron chi connectivity index (χ2n) is 7.41. The van der Waals surface area contributed by atoms with E-state index in [2.05, 4.69) is 9.97 Å². The van der Waals surface area contributed by atoms with Crippen molar-refractivity contribution in [3.8, 4) is 5.88 Å². The molecule has 0 amide bonds. The van der Waals surface area contributed by atoms with Crippen LogP contribution in [0.4, 0.5) is 8.78 Å². The standard InChI is InChI=1S/C20H24F2N4O/c21-15-5-3-13(4-6-15)14-10-17(26-9-1-2-16(23)20(26)22)18(11-14)27-19-7-8-24-12-25-19/h3-8,12,14,16-18,20H,1-2,9-11,23H2. The van der Waals surface area contributed by atoms with Crippen molar-refractivity contribution < 1.29 is 13.5 Å². The lowest BCUT2D eigenvalue weighted by atomic mass is 9.96. The van der Waals surface area contributed by atoms with E-state index in [9.17, 15) is 8.78 Å². The topological polar surface area (TPSA) is 64.3 Å². The number of rotatable bonds is 4. The Hall–Kier alpha value is -2.12. The minimum atomic E-state index is -1.17. The number of hydrogen-bond acceptors (Lipinski definition) is 5. The molecular formula is C20H24F2N4O. The summed E-state index contributed by atoms with van der Waals surface area (Å²) in [5, 5.41) is 0. The van der Waals surface area contributed by atoms with E-state index in [0.717, 1.165) is 24.8 Å². The summed E-state index contributed by atoms with van der Waals surface area (Å²) in [6.07, 6.45) is 4.71. The summed E-state index contributed by atoms with van der Waals surface area (Å²) in [5.74, 6) is 0.400. The van der Waals surface area contributed by atoms with Gasteiger partial charge < -0.3 is 10.5 Å². The van der Waals surface area contributed by atoms with Gasteiger partial charge in [-0.3, -0.25) is 4.90 Å². The van der Waals surface area contributed by atoms with E-state index in [1.54, 1.807) is 24.4 Å². The largest absolute Gasteiger partial charge is 0.473 e. The summed E-state index contributed by atoms with van der Waals surface area (Å²) in [7, 11) is 0. The van der Waals surface area contributed by atoms with Crippen molar-refractivity contribution >= 4 is 0 Å². The highest BCUT2D eigenvalue weighted by Crippen LogP contribution is 2.40. The van der Waals surface area contributed by atoms with Crippen LogP contribution in [0.25, 0.3) is 0 Å². The molecule has 0 radical (unpaired) electrons. The monoisotopic (exact) mass is 374 g/mol. The highest BCUT2D eigenvalue weighted by atomic mass is 19.1. The predicted molar refractivity (Wildman–Crippen MR) is 97.4 cm³/mol. The SMILES string of the molecule is NC1CCCN(C2CC(c3ccc(F)cc3)CC2Oc2ccncn2)C1F. The van der Waals surface area contributed by atoms with Crippen LogP contribution in [0.3, 0.4) is 0 Å². The Morgan fingerprint density at radius 2 is 1.96 bits per heavy atom. The van der Waals surface area contributed by atoms with E-state index in [-0.39, 0.29) is 23.9 Å². The number of ether oxygens (including phenoxy) is 1. The lowest BCUT2D eigenvalue weighted by molar-refractivity contribution is -0.0326. The van der Waals surface area contributed by atoms with Crippen LogP contribution in [-0.4, -0.2) is 45.9 Å². The molecule has 0 spiro atoms. The van der Waals surface area contributed by atoms with Gasteiger partial charge >= 0.3 is 0 Å². The van der Waals surface area contributed by atoms with Gasteiger partial charge in [0.15, 0.2) is 6.30 Å². The Morgan fingerprint density at radius 1 is 1.15 bits per heavy atom. The van der Waals surface area contributed by atoms with Gasteiger partial charge in [0.2, 0.25) is 5.88 Å². The predicted octanol–water partition coefficient (Wildman–Crippen LogP) is 3.03. The summed E-state index contributed by atoms with van der Waals surface area (Å²) in [5.41, 5.74) is 7.02. The molecule has 1 aliphatic heterocycles. The van der Waals surface area contributed by atoms with Crippen molar-refractivity contribution in [1.82, 2.24) is 14.9 Å². The Labute approximate surface area is 157 Å². The second kappa shape index (κ2) is 7.86. The molecule has 144 valence electrons. The first-order valence-electron chi connectivity index (χ1n) is 9.45. The lowest BCUT2D eigenvalue weighted by Crippen LogP contribution is -2.56. The average molecular weight is 374 g/mol. The van der Waals surface area contributed by atoms with E-state index in [1.807, 2.05) is 4.90 Å². The van der Waals surface area contributed by atoms with E-state index >= 15 is 0 Å². The van der Waals surface area contributed by atoms with Crippen molar-refractivity contribution in [2.75, 3.05) is 6.54 Å². The Morgan fingerprint density at radius 3 is 2.70 bits per heavy atom. The van der Waals surface area contributed by atoms with Crippen molar-refractivity contribution in [2.24, 2.45) is 5.73 Å². The van der Waals surface area contributed by atoms with Crippen LogP contribution in [0.2, 0.25) is 0 Å². The highest BCUT2D eigenvalue weighted by Gasteiger charge is 2.44. The molecule has 7 heteroatoms. The fourth-order valence-corrected chi connectivity index (χ4v) is 4.33. The number of nitrogens with two attached hydrogens (primary N) is 1. The summed E-state index contributed by atoms with van der Waals surface area (Å²) in [6, 6.07) is 7.68. The normalized spacial score (nSPS) is 31.7. The van der Waals surface area contributed by atoms with Crippen molar-refractivity contribution in [2.45, 2.75) is 56.1 Å². The lowest BCUT2D eigenvalue weighted by Gasteiger charge is -2.40. The van der Waals surface area contributed by atoms with Gasteiger partial charge in [-0.15, -0.1) is 0 Å².